The molecule has 0 amide bonds. The van der Waals surface area contributed by atoms with Crippen LogP contribution in [0, 0.1) is 5.92 Å². The van der Waals surface area contributed by atoms with Crippen molar-refractivity contribution in [2.75, 3.05) is 19.6 Å². The maximum Gasteiger partial charge on any atom is 0.0303 e. The smallest absolute Gasteiger partial charge is 0.0303 e. The largest absolute Gasteiger partial charge is 0.399 e. The standard InChI is InChI=1S/C15H28N2/c1-4-14-12-13(9-10-15(14)16)8-7-11-17(5-2)6-3/h10,12-13H,4-9,11,16H2,1-3H3. The summed E-state index contributed by atoms with van der Waals surface area (Å²) < 4.78 is 0. The molecule has 0 saturated heterocycles. The molecular weight excluding hydrogens is 208 g/mol. The van der Waals surface area contributed by atoms with Crippen LogP contribution in [0.2, 0.25) is 0 Å². The van der Waals surface area contributed by atoms with Crippen LogP contribution >= 0.6 is 0 Å². The molecule has 2 N–H and O–H groups in total. The maximum absolute atomic E-state index is 5.96. The number of hydrogen-bond acceptors (Lipinski definition) is 2. The van der Waals surface area contributed by atoms with E-state index in [0.717, 1.165) is 18.5 Å². The number of rotatable bonds is 7. The van der Waals surface area contributed by atoms with Crippen LogP contribution < -0.4 is 5.73 Å². The lowest BCUT2D eigenvalue weighted by atomic mass is 9.89. The summed E-state index contributed by atoms with van der Waals surface area (Å²) in [6.45, 7) is 10.2. The van der Waals surface area contributed by atoms with Crippen molar-refractivity contribution < 1.29 is 0 Å². The molecular formula is C15H28N2. The van der Waals surface area contributed by atoms with Crippen LogP contribution in [0.5, 0.6) is 0 Å². The quantitative estimate of drug-likeness (QED) is 0.735. The molecule has 2 nitrogen and oxygen atoms in total. The molecule has 98 valence electrons. The van der Waals surface area contributed by atoms with Gasteiger partial charge in [-0.3, -0.25) is 0 Å². The zero-order chi connectivity index (χ0) is 12.7. The van der Waals surface area contributed by atoms with Crippen LogP contribution in [-0.2, 0) is 0 Å². The van der Waals surface area contributed by atoms with Gasteiger partial charge in [0, 0.05) is 5.70 Å². The van der Waals surface area contributed by atoms with Crippen molar-refractivity contribution >= 4 is 0 Å². The minimum absolute atomic E-state index is 0.716. The predicted molar refractivity (Wildman–Crippen MR) is 75.8 cm³/mol. The fraction of sp³-hybridized carbons (Fsp3) is 0.733. The van der Waals surface area contributed by atoms with Gasteiger partial charge < -0.3 is 10.6 Å². The van der Waals surface area contributed by atoms with Crippen LogP contribution in [-0.4, -0.2) is 24.5 Å². The van der Waals surface area contributed by atoms with Gasteiger partial charge in [-0.05, 0) is 56.8 Å². The van der Waals surface area contributed by atoms with E-state index in [-0.39, 0.29) is 0 Å². The van der Waals surface area contributed by atoms with Gasteiger partial charge in [-0.2, -0.15) is 0 Å². The molecule has 0 aliphatic heterocycles. The van der Waals surface area contributed by atoms with E-state index in [1.165, 1.54) is 38.0 Å². The summed E-state index contributed by atoms with van der Waals surface area (Å²) in [4.78, 5) is 2.50. The molecule has 0 aromatic carbocycles. The Balaban J connectivity index is 2.32. The topological polar surface area (TPSA) is 29.3 Å². The highest BCUT2D eigenvalue weighted by Crippen LogP contribution is 2.25. The summed E-state index contributed by atoms with van der Waals surface area (Å²) in [5.74, 6) is 0.716. The van der Waals surface area contributed by atoms with E-state index in [2.05, 4.69) is 37.8 Å². The Kier molecular flexibility index (Phi) is 6.35. The minimum Gasteiger partial charge on any atom is -0.399 e. The first kappa shape index (κ1) is 14.3. The van der Waals surface area contributed by atoms with Crippen LogP contribution in [0.3, 0.4) is 0 Å². The van der Waals surface area contributed by atoms with Gasteiger partial charge in [0.25, 0.3) is 0 Å². The monoisotopic (exact) mass is 236 g/mol. The fourth-order valence-corrected chi connectivity index (χ4v) is 2.50. The molecule has 0 aromatic rings. The summed E-state index contributed by atoms with van der Waals surface area (Å²) >= 11 is 0. The first-order chi connectivity index (χ1) is 8.21. The third-order valence-corrected chi connectivity index (χ3v) is 3.77. The number of nitrogens with zero attached hydrogens (tertiary/aromatic N) is 1. The maximum atomic E-state index is 5.96. The Morgan fingerprint density at radius 2 is 2.00 bits per heavy atom. The molecule has 0 radical (unpaired) electrons. The molecule has 17 heavy (non-hydrogen) atoms. The summed E-state index contributed by atoms with van der Waals surface area (Å²) in [6, 6.07) is 0. The lowest BCUT2D eigenvalue weighted by Crippen LogP contribution is -2.24. The molecule has 2 heteroatoms. The third-order valence-electron chi connectivity index (χ3n) is 3.77. The van der Waals surface area contributed by atoms with E-state index >= 15 is 0 Å². The lowest BCUT2D eigenvalue weighted by Gasteiger charge is -2.22. The van der Waals surface area contributed by atoms with Gasteiger partial charge in [-0.1, -0.05) is 32.9 Å². The molecule has 0 heterocycles. The summed E-state index contributed by atoms with van der Waals surface area (Å²) in [5, 5.41) is 0. The number of allylic oxidation sites excluding steroid dienone is 3. The van der Waals surface area contributed by atoms with Crippen molar-refractivity contribution in [1.82, 2.24) is 4.90 Å². The highest BCUT2D eigenvalue weighted by Gasteiger charge is 2.12. The average molecular weight is 236 g/mol. The minimum atomic E-state index is 0.716. The summed E-state index contributed by atoms with van der Waals surface area (Å²) in [6.07, 6.45) is 9.40. The van der Waals surface area contributed by atoms with E-state index in [0.29, 0.717) is 5.92 Å². The molecule has 1 unspecified atom stereocenters. The van der Waals surface area contributed by atoms with Crippen LogP contribution in [0.1, 0.15) is 46.5 Å². The SMILES string of the molecule is CCC1=CC(CCCN(CC)CC)CC=C1N. The Hall–Kier alpha value is -0.760. The molecule has 1 aliphatic carbocycles. The zero-order valence-corrected chi connectivity index (χ0v) is 11.7. The number of hydrogen-bond donors (Lipinski definition) is 1. The third kappa shape index (κ3) is 4.55. The molecule has 0 bridgehead atoms. The first-order valence-electron chi connectivity index (χ1n) is 7.10. The Bertz CT molecular complexity index is 275. The Morgan fingerprint density at radius 1 is 1.29 bits per heavy atom. The highest BCUT2D eigenvalue weighted by molar-refractivity contribution is 5.31. The van der Waals surface area contributed by atoms with E-state index in [9.17, 15) is 0 Å². The summed E-state index contributed by atoms with van der Waals surface area (Å²) in [7, 11) is 0. The normalized spacial score (nSPS) is 20.4. The Morgan fingerprint density at radius 3 is 2.59 bits per heavy atom. The summed E-state index contributed by atoms with van der Waals surface area (Å²) in [5.41, 5.74) is 8.31. The highest BCUT2D eigenvalue weighted by atomic mass is 15.1. The van der Waals surface area contributed by atoms with Gasteiger partial charge in [0.1, 0.15) is 0 Å². The molecule has 1 aliphatic rings. The van der Waals surface area contributed by atoms with Gasteiger partial charge in [0.05, 0.1) is 0 Å². The fourth-order valence-electron chi connectivity index (χ4n) is 2.50. The average Bonchev–Trinajstić information content (AvgIpc) is 2.36. The Labute approximate surface area is 107 Å². The first-order valence-corrected chi connectivity index (χ1v) is 7.10. The molecule has 0 aromatic heterocycles. The molecule has 0 spiro atoms. The predicted octanol–water partition coefficient (Wildman–Crippen LogP) is 3.31. The second-order valence-corrected chi connectivity index (χ2v) is 4.87. The van der Waals surface area contributed by atoms with Crippen molar-refractivity contribution in [3.05, 3.63) is 23.4 Å². The molecule has 1 rings (SSSR count). The van der Waals surface area contributed by atoms with E-state index < -0.39 is 0 Å². The van der Waals surface area contributed by atoms with Crippen molar-refractivity contribution in [3.63, 3.8) is 0 Å². The lowest BCUT2D eigenvalue weighted by molar-refractivity contribution is 0.291. The van der Waals surface area contributed by atoms with E-state index in [4.69, 9.17) is 5.73 Å². The van der Waals surface area contributed by atoms with Gasteiger partial charge in [-0.25, -0.2) is 0 Å². The molecule has 1 atom stereocenters. The molecule has 0 saturated carbocycles. The van der Waals surface area contributed by atoms with Crippen molar-refractivity contribution in [2.24, 2.45) is 11.7 Å². The van der Waals surface area contributed by atoms with Crippen LogP contribution in [0.25, 0.3) is 0 Å². The zero-order valence-electron chi connectivity index (χ0n) is 11.7. The van der Waals surface area contributed by atoms with Crippen molar-refractivity contribution in [3.8, 4) is 0 Å². The van der Waals surface area contributed by atoms with E-state index in [1.807, 2.05) is 0 Å². The number of nitrogens with two attached hydrogens (primary N) is 1. The van der Waals surface area contributed by atoms with Gasteiger partial charge >= 0.3 is 0 Å². The van der Waals surface area contributed by atoms with Gasteiger partial charge in [0.15, 0.2) is 0 Å². The van der Waals surface area contributed by atoms with Crippen LogP contribution in [0.4, 0.5) is 0 Å². The second kappa shape index (κ2) is 7.54. The van der Waals surface area contributed by atoms with E-state index in [1.54, 1.807) is 0 Å². The van der Waals surface area contributed by atoms with Crippen molar-refractivity contribution in [1.29, 1.82) is 0 Å². The van der Waals surface area contributed by atoms with Gasteiger partial charge in [0.2, 0.25) is 0 Å². The second-order valence-electron chi connectivity index (χ2n) is 4.87. The van der Waals surface area contributed by atoms with Crippen molar-refractivity contribution in [2.45, 2.75) is 46.5 Å². The molecule has 0 fully saturated rings. The van der Waals surface area contributed by atoms with Gasteiger partial charge in [-0.15, -0.1) is 0 Å². The van der Waals surface area contributed by atoms with Crippen LogP contribution in [0.15, 0.2) is 23.4 Å².